The molecule has 0 aliphatic rings. The fraction of sp³-hybridized carbons (Fsp3) is 0.875. The Balaban J connectivity index is 4.12. The molecule has 0 aromatic heterocycles. The molecule has 0 bridgehead atoms. The number of hydrogen-bond donors (Lipinski definition) is 1. The van der Waals surface area contributed by atoms with Crippen LogP contribution in [0.5, 0.6) is 0 Å². The molecular formula is C8H17NO2. The Hall–Kier alpha value is -0.570. The Morgan fingerprint density at radius 1 is 1.36 bits per heavy atom. The van der Waals surface area contributed by atoms with Crippen LogP contribution in [0.1, 0.15) is 33.6 Å². The van der Waals surface area contributed by atoms with Crippen LogP contribution in [0.25, 0.3) is 0 Å². The molecule has 0 fully saturated rings. The summed E-state index contributed by atoms with van der Waals surface area (Å²) in [6.45, 7) is 5.96. The summed E-state index contributed by atoms with van der Waals surface area (Å²) in [4.78, 5) is 11.2. The molecular weight excluding hydrogens is 142 g/mol. The van der Waals surface area contributed by atoms with Crippen molar-refractivity contribution in [3.63, 3.8) is 0 Å². The van der Waals surface area contributed by atoms with Crippen LogP contribution < -0.4 is 5.73 Å². The summed E-state index contributed by atoms with van der Waals surface area (Å²) in [6.07, 6.45) is 1.25. The number of rotatable bonds is 4. The summed E-state index contributed by atoms with van der Waals surface area (Å²) in [6, 6.07) is 0. The van der Waals surface area contributed by atoms with Crippen LogP contribution in [0, 0.1) is 0 Å². The summed E-state index contributed by atoms with van der Waals surface area (Å²) in [5.41, 5.74) is 4.98. The minimum absolute atomic E-state index is 0.287. The zero-order valence-corrected chi connectivity index (χ0v) is 7.52. The lowest BCUT2D eigenvalue weighted by molar-refractivity contribution is -0.149. The van der Waals surface area contributed by atoms with E-state index in [1.54, 1.807) is 6.92 Å². The average Bonchev–Trinajstić information content (AvgIpc) is 2.03. The SMILES string of the molecule is CCOC(=O)C(N)(CC)CC. The largest absolute Gasteiger partial charge is 0.465 e. The second-order valence-electron chi connectivity index (χ2n) is 2.58. The predicted octanol–water partition coefficient (Wildman–Crippen LogP) is 1.07. The highest BCUT2D eigenvalue weighted by Crippen LogP contribution is 2.12. The van der Waals surface area contributed by atoms with Crippen LogP contribution >= 0.6 is 0 Å². The summed E-state index contributed by atoms with van der Waals surface area (Å²) >= 11 is 0. The van der Waals surface area contributed by atoms with E-state index < -0.39 is 5.54 Å². The topological polar surface area (TPSA) is 52.3 Å². The smallest absolute Gasteiger partial charge is 0.326 e. The molecule has 0 radical (unpaired) electrons. The Labute approximate surface area is 67.9 Å². The van der Waals surface area contributed by atoms with E-state index in [-0.39, 0.29) is 5.97 Å². The first kappa shape index (κ1) is 10.4. The molecule has 3 heteroatoms. The lowest BCUT2D eigenvalue weighted by atomic mass is 9.95. The molecule has 0 aromatic carbocycles. The first-order chi connectivity index (χ1) is 5.10. The molecule has 0 heterocycles. The second-order valence-corrected chi connectivity index (χ2v) is 2.58. The molecule has 0 rings (SSSR count). The van der Waals surface area contributed by atoms with Gasteiger partial charge < -0.3 is 10.5 Å². The van der Waals surface area contributed by atoms with E-state index in [0.29, 0.717) is 19.4 Å². The molecule has 0 aromatic rings. The van der Waals surface area contributed by atoms with Crippen molar-refractivity contribution in [3.05, 3.63) is 0 Å². The van der Waals surface area contributed by atoms with Crippen LogP contribution in [0.4, 0.5) is 0 Å². The van der Waals surface area contributed by atoms with Gasteiger partial charge in [-0.05, 0) is 19.8 Å². The van der Waals surface area contributed by atoms with E-state index in [2.05, 4.69) is 0 Å². The van der Waals surface area contributed by atoms with Gasteiger partial charge in [-0.15, -0.1) is 0 Å². The first-order valence-electron chi connectivity index (χ1n) is 4.06. The van der Waals surface area contributed by atoms with E-state index in [4.69, 9.17) is 10.5 Å². The van der Waals surface area contributed by atoms with Gasteiger partial charge in [0.15, 0.2) is 0 Å². The van der Waals surface area contributed by atoms with E-state index in [1.165, 1.54) is 0 Å². The lowest BCUT2D eigenvalue weighted by Gasteiger charge is -2.23. The monoisotopic (exact) mass is 159 g/mol. The van der Waals surface area contributed by atoms with E-state index in [1.807, 2.05) is 13.8 Å². The van der Waals surface area contributed by atoms with Gasteiger partial charge in [-0.3, -0.25) is 4.79 Å². The summed E-state index contributed by atoms with van der Waals surface area (Å²) in [5.74, 6) is -0.287. The molecule has 0 aliphatic heterocycles. The van der Waals surface area contributed by atoms with Crippen molar-refractivity contribution >= 4 is 5.97 Å². The van der Waals surface area contributed by atoms with Gasteiger partial charge in [0.05, 0.1) is 6.61 Å². The Morgan fingerprint density at radius 3 is 2.09 bits per heavy atom. The highest BCUT2D eigenvalue weighted by molar-refractivity contribution is 5.80. The average molecular weight is 159 g/mol. The summed E-state index contributed by atoms with van der Waals surface area (Å²) in [7, 11) is 0. The third-order valence-corrected chi connectivity index (χ3v) is 1.94. The fourth-order valence-electron chi connectivity index (χ4n) is 0.813. The van der Waals surface area contributed by atoms with Gasteiger partial charge in [0, 0.05) is 0 Å². The van der Waals surface area contributed by atoms with Crippen molar-refractivity contribution in [2.75, 3.05) is 6.61 Å². The normalized spacial score (nSPS) is 11.3. The zero-order valence-electron chi connectivity index (χ0n) is 7.52. The van der Waals surface area contributed by atoms with Crippen molar-refractivity contribution < 1.29 is 9.53 Å². The van der Waals surface area contributed by atoms with Crippen molar-refractivity contribution in [2.24, 2.45) is 5.73 Å². The highest BCUT2D eigenvalue weighted by atomic mass is 16.5. The Kier molecular flexibility index (Phi) is 4.11. The molecule has 0 saturated carbocycles. The fourth-order valence-corrected chi connectivity index (χ4v) is 0.813. The van der Waals surface area contributed by atoms with E-state index in [9.17, 15) is 4.79 Å². The zero-order chi connectivity index (χ0) is 8.91. The molecule has 3 nitrogen and oxygen atoms in total. The number of nitrogens with two attached hydrogens (primary N) is 1. The quantitative estimate of drug-likeness (QED) is 0.624. The third kappa shape index (κ3) is 2.50. The van der Waals surface area contributed by atoms with Crippen molar-refractivity contribution in [3.8, 4) is 0 Å². The summed E-state index contributed by atoms with van der Waals surface area (Å²) in [5, 5.41) is 0. The van der Waals surface area contributed by atoms with Gasteiger partial charge in [-0.2, -0.15) is 0 Å². The molecule has 0 unspecified atom stereocenters. The van der Waals surface area contributed by atoms with Crippen LogP contribution in [0.2, 0.25) is 0 Å². The molecule has 11 heavy (non-hydrogen) atoms. The van der Waals surface area contributed by atoms with Crippen LogP contribution in [0.15, 0.2) is 0 Å². The van der Waals surface area contributed by atoms with Crippen LogP contribution in [-0.2, 0) is 9.53 Å². The maximum atomic E-state index is 11.2. The molecule has 2 N–H and O–H groups in total. The number of carbonyl (C=O) groups is 1. The molecule has 0 saturated heterocycles. The van der Waals surface area contributed by atoms with Crippen molar-refractivity contribution in [1.82, 2.24) is 0 Å². The third-order valence-electron chi connectivity index (χ3n) is 1.94. The maximum absolute atomic E-state index is 11.2. The van der Waals surface area contributed by atoms with Gasteiger partial charge in [-0.1, -0.05) is 13.8 Å². The van der Waals surface area contributed by atoms with Crippen LogP contribution in [-0.4, -0.2) is 18.1 Å². The second kappa shape index (κ2) is 4.34. The molecule has 0 aliphatic carbocycles. The van der Waals surface area contributed by atoms with Gasteiger partial charge in [0.25, 0.3) is 0 Å². The predicted molar refractivity (Wildman–Crippen MR) is 44.1 cm³/mol. The molecule has 0 spiro atoms. The van der Waals surface area contributed by atoms with Crippen molar-refractivity contribution in [1.29, 1.82) is 0 Å². The van der Waals surface area contributed by atoms with Crippen LogP contribution in [0.3, 0.4) is 0 Å². The molecule has 0 atom stereocenters. The lowest BCUT2D eigenvalue weighted by Crippen LogP contribution is -2.47. The number of hydrogen-bond acceptors (Lipinski definition) is 3. The Bertz CT molecular complexity index is 130. The number of carbonyl (C=O) groups excluding carboxylic acids is 1. The first-order valence-corrected chi connectivity index (χ1v) is 4.06. The van der Waals surface area contributed by atoms with Gasteiger partial charge >= 0.3 is 5.97 Å². The number of ether oxygens (including phenoxy) is 1. The van der Waals surface area contributed by atoms with E-state index >= 15 is 0 Å². The van der Waals surface area contributed by atoms with Gasteiger partial charge in [0.2, 0.25) is 0 Å². The molecule has 66 valence electrons. The maximum Gasteiger partial charge on any atom is 0.326 e. The number of esters is 1. The van der Waals surface area contributed by atoms with Crippen molar-refractivity contribution in [2.45, 2.75) is 39.2 Å². The minimum atomic E-state index is -0.768. The highest BCUT2D eigenvalue weighted by Gasteiger charge is 2.31. The van der Waals surface area contributed by atoms with E-state index in [0.717, 1.165) is 0 Å². The Morgan fingerprint density at radius 2 is 1.82 bits per heavy atom. The summed E-state index contributed by atoms with van der Waals surface area (Å²) < 4.78 is 4.82. The standard InChI is InChI=1S/C8H17NO2/c1-4-8(9,5-2)7(10)11-6-3/h4-6,9H2,1-3H3. The molecule has 0 amide bonds. The minimum Gasteiger partial charge on any atom is -0.465 e. The van der Waals surface area contributed by atoms with Gasteiger partial charge in [-0.25, -0.2) is 0 Å². The van der Waals surface area contributed by atoms with Gasteiger partial charge in [0.1, 0.15) is 5.54 Å².